The molecular formula is C16H17N3O. The minimum atomic E-state index is -0.0823. The predicted octanol–water partition coefficient (Wildman–Crippen LogP) is 3.11. The van der Waals surface area contributed by atoms with Crippen molar-refractivity contribution in [3.05, 3.63) is 60.0 Å². The van der Waals surface area contributed by atoms with E-state index in [0.717, 1.165) is 28.8 Å². The molecule has 0 radical (unpaired) electrons. The lowest BCUT2D eigenvalue weighted by atomic mass is 10.1. The van der Waals surface area contributed by atoms with Crippen molar-refractivity contribution in [2.75, 3.05) is 12.3 Å². The van der Waals surface area contributed by atoms with E-state index >= 15 is 0 Å². The van der Waals surface area contributed by atoms with Gasteiger partial charge in [0.05, 0.1) is 6.04 Å². The highest BCUT2D eigenvalue weighted by molar-refractivity contribution is 5.78. The van der Waals surface area contributed by atoms with Gasteiger partial charge in [-0.1, -0.05) is 31.2 Å². The third-order valence-electron chi connectivity index (χ3n) is 3.32. The second kappa shape index (κ2) is 5.35. The smallest absolute Gasteiger partial charge is 0.134 e. The van der Waals surface area contributed by atoms with Crippen molar-refractivity contribution < 1.29 is 4.42 Å². The Bertz CT molecular complexity index is 687. The third-order valence-corrected chi connectivity index (χ3v) is 3.32. The summed E-state index contributed by atoms with van der Waals surface area (Å²) in [6.07, 6.45) is 1.69. The Kier molecular flexibility index (Phi) is 3.39. The third kappa shape index (κ3) is 2.26. The van der Waals surface area contributed by atoms with Crippen LogP contribution in [-0.4, -0.2) is 11.5 Å². The molecule has 2 heterocycles. The Labute approximate surface area is 117 Å². The van der Waals surface area contributed by atoms with Crippen LogP contribution in [0.4, 0.5) is 5.82 Å². The van der Waals surface area contributed by atoms with E-state index in [-0.39, 0.29) is 6.04 Å². The molecule has 0 saturated carbocycles. The second-order valence-corrected chi connectivity index (χ2v) is 4.66. The number of nitrogens with one attached hydrogen (secondary N) is 1. The summed E-state index contributed by atoms with van der Waals surface area (Å²) in [6.45, 7) is 2.87. The quantitative estimate of drug-likeness (QED) is 0.762. The Balaban J connectivity index is 2.08. The van der Waals surface area contributed by atoms with Crippen LogP contribution in [0.5, 0.6) is 0 Å². The van der Waals surface area contributed by atoms with E-state index in [1.54, 1.807) is 6.20 Å². The molecule has 0 aliphatic heterocycles. The molecule has 4 heteroatoms. The fourth-order valence-corrected chi connectivity index (χ4v) is 2.39. The monoisotopic (exact) mass is 267 g/mol. The summed E-state index contributed by atoms with van der Waals surface area (Å²) in [7, 11) is 0. The lowest BCUT2D eigenvalue weighted by Crippen LogP contribution is -2.22. The average molecular weight is 267 g/mol. The number of hydrogen-bond donors (Lipinski definition) is 2. The summed E-state index contributed by atoms with van der Waals surface area (Å²) in [5.41, 5.74) is 7.81. The molecule has 0 amide bonds. The summed E-state index contributed by atoms with van der Waals surface area (Å²) in [5, 5.41) is 4.49. The first-order valence-electron chi connectivity index (χ1n) is 6.72. The largest absolute Gasteiger partial charge is 0.459 e. The van der Waals surface area contributed by atoms with E-state index in [1.807, 2.05) is 36.4 Å². The summed E-state index contributed by atoms with van der Waals surface area (Å²) < 4.78 is 5.95. The van der Waals surface area contributed by atoms with Crippen LogP contribution in [0.25, 0.3) is 11.0 Å². The number of fused-ring (bicyclic) bond motifs is 1. The molecule has 0 spiro atoms. The van der Waals surface area contributed by atoms with E-state index in [0.29, 0.717) is 5.82 Å². The number of nitrogens with two attached hydrogens (primary N) is 1. The van der Waals surface area contributed by atoms with Gasteiger partial charge >= 0.3 is 0 Å². The average Bonchev–Trinajstić information content (AvgIpc) is 2.89. The molecule has 3 N–H and O–H groups in total. The fourth-order valence-electron chi connectivity index (χ4n) is 2.39. The number of furan rings is 1. The lowest BCUT2D eigenvalue weighted by molar-refractivity contribution is 0.477. The van der Waals surface area contributed by atoms with Crippen molar-refractivity contribution >= 4 is 16.8 Å². The Hall–Kier alpha value is -2.33. The molecule has 102 valence electrons. The van der Waals surface area contributed by atoms with Gasteiger partial charge in [-0.15, -0.1) is 0 Å². The molecule has 3 rings (SSSR count). The summed E-state index contributed by atoms with van der Waals surface area (Å²) >= 11 is 0. The van der Waals surface area contributed by atoms with Crippen molar-refractivity contribution in [3.63, 3.8) is 0 Å². The van der Waals surface area contributed by atoms with Gasteiger partial charge in [-0.3, -0.25) is 0 Å². The number of pyridine rings is 1. The number of nitrogens with zero attached hydrogens (tertiary/aromatic N) is 1. The van der Waals surface area contributed by atoms with Gasteiger partial charge in [0.1, 0.15) is 17.2 Å². The van der Waals surface area contributed by atoms with E-state index in [2.05, 4.69) is 23.3 Å². The van der Waals surface area contributed by atoms with Crippen molar-refractivity contribution in [2.24, 2.45) is 0 Å². The molecule has 0 aliphatic carbocycles. The molecule has 3 aromatic rings. The van der Waals surface area contributed by atoms with E-state index in [4.69, 9.17) is 10.2 Å². The van der Waals surface area contributed by atoms with Crippen molar-refractivity contribution in [3.8, 4) is 0 Å². The molecular weight excluding hydrogens is 250 g/mol. The highest BCUT2D eigenvalue weighted by Gasteiger charge is 2.20. The van der Waals surface area contributed by atoms with Crippen molar-refractivity contribution in [1.82, 2.24) is 10.3 Å². The summed E-state index contributed by atoms with van der Waals surface area (Å²) in [4.78, 5) is 4.16. The van der Waals surface area contributed by atoms with Crippen molar-refractivity contribution in [1.29, 1.82) is 0 Å². The molecule has 0 bridgehead atoms. The van der Waals surface area contributed by atoms with E-state index < -0.39 is 0 Å². The van der Waals surface area contributed by atoms with Gasteiger partial charge in [0.2, 0.25) is 0 Å². The van der Waals surface area contributed by atoms with Gasteiger partial charge < -0.3 is 15.5 Å². The van der Waals surface area contributed by atoms with Crippen molar-refractivity contribution in [2.45, 2.75) is 13.0 Å². The number of benzene rings is 1. The molecule has 1 aromatic carbocycles. The number of nitrogen functional groups attached to an aromatic ring is 1. The first-order valence-corrected chi connectivity index (χ1v) is 6.72. The number of anilines is 1. The maximum Gasteiger partial charge on any atom is 0.134 e. The second-order valence-electron chi connectivity index (χ2n) is 4.66. The first kappa shape index (κ1) is 12.7. The van der Waals surface area contributed by atoms with Crippen LogP contribution in [0.2, 0.25) is 0 Å². The minimum Gasteiger partial charge on any atom is -0.459 e. The SMILES string of the molecule is CCNC(c1cc2ccccc2o1)c1cccnc1N. The van der Waals surface area contributed by atoms with Crippen LogP contribution in [0.3, 0.4) is 0 Å². The zero-order valence-electron chi connectivity index (χ0n) is 11.3. The predicted molar refractivity (Wildman–Crippen MR) is 80.4 cm³/mol. The molecule has 0 fully saturated rings. The molecule has 4 nitrogen and oxygen atoms in total. The number of rotatable bonds is 4. The maximum absolute atomic E-state index is 5.99. The van der Waals surface area contributed by atoms with Gasteiger partial charge in [0.25, 0.3) is 0 Å². The Morgan fingerprint density at radius 3 is 2.85 bits per heavy atom. The van der Waals surface area contributed by atoms with E-state index in [1.165, 1.54) is 0 Å². The van der Waals surface area contributed by atoms with Crippen LogP contribution >= 0.6 is 0 Å². The summed E-state index contributed by atoms with van der Waals surface area (Å²) in [6, 6.07) is 13.8. The normalized spacial score (nSPS) is 12.7. The number of para-hydroxylation sites is 1. The molecule has 1 unspecified atom stereocenters. The number of aromatic nitrogens is 1. The zero-order chi connectivity index (χ0) is 13.9. The van der Waals surface area contributed by atoms with Crippen LogP contribution in [0, 0.1) is 0 Å². The fraction of sp³-hybridized carbons (Fsp3) is 0.188. The zero-order valence-corrected chi connectivity index (χ0v) is 11.3. The molecule has 2 aromatic heterocycles. The lowest BCUT2D eigenvalue weighted by Gasteiger charge is -2.17. The highest BCUT2D eigenvalue weighted by Crippen LogP contribution is 2.30. The molecule has 0 aliphatic rings. The highest BCUT2D eigenvalue weighted by atomic mass is 16.3. The van der Waals surface area contributed by atoms with Crippen LogP contribution in [-0.2, 0) is 0 Å². The first-order chi connectivity index (χ1) is 9.79. The summed E-state index contributed by atoms with van der Waals surface area (Å²) in [5.74, 6) is 1.38. The van der Waals surface area contributed by atoms with Gasteiger partial charge in [-0.2, -0.15) is 0 Å². The van der Waals surface area contributed by atoms with Gasteiger partial charge in [0.15, 0.2) is 0 Å². The van der Waals surface area contributed by atoms with Crippen LogP contribution < -0.4 is 11.1 Å². The molecule has 1 atom stereocenters. The number of hydrogen-bond acceptors (Lipinski definition) is 4. The Morgan fingerprint density at radius 1 is 1.25 bits per heavy atom. The van der Waals surface area contributed by atoms with Gasteiger partial charge in [0, 0.05) is 17.1 Å². The van der Waals surface area contributed by atoms with Crippen LogP contribution in [0.1, 0.15) is 24.3 Å². The Morgan fingerprint density at radius 2 is 2.10 bits per heavy atom. The minimum absolute atomic E-state index is 0.0823. The van der Waals surface area contributed by atoms with Gasteiger partial charge in [-0.25, -0.2) is 4.98 Å². The van der Waals surface area contributed by atoms with Crippen LogP contribution in [0.15, 0.2) is 53.1 Å². The van der Waals surface area contributed by atoms with Gasteiger partial charge in [-0.05, 0) is 24.7 Å². The molecule has 20 heavy (non-hydrogen) atoms. The topological polar surface area (TPSA) is 64.1 Å². The maximum atomic E-state index is 5.99. The molecule has 0 saturated heterocycles. The van der Waals surface area contributed by atoms with E-state index in [9.17, 15) is 0 Å². The standard InChI is InChI=1S/C16H17N3O/c1-2-18-15(12-7-5-9-19-16(12)17)14-10-11-6-3-4-8-13(11)20-14/h3-10,15,18H,2H2,1H3,(H2,17,19).